The van der Waals surface area contributed by atoms with Crippen molar-refractivity contribution in [1.82, 2.24) is 4.90 Å². The molecule has 1 aliphatic carbocycles. The number of likely N-dealkylation sites (tertiary alicyclic amines) is 1. The third-order valence-corrected chi connectivity index (χ3v) is 4.69. The number of halogens is 3. The maximum atomic E-state index is 12.8. The number of aliphatic carboxylic acids is 1. The summed E-state index contributed by atoms with van der Waals surface area (Å²) in [4.78, 5) is 12.6. The molecule has 116 valence electrons. The van der Waals surface area contributed by atoms with Gasteiger partial charge in [-0.3, -0.25) is 4.79 Å². The Hall–Kier alpha value is -0.780. The number of alkyl halides is 3. The van der Waals surface area contributed by atoms with Crippen molar-refractivity contribution in [3.05, 3.63) is 0 Å². The molecule has 2 atom stereocenters. The lowest BCUT2D eigenvalue weighted by Gasteiger charge is -2.18. The molecular formula is C14H22F3NO2. The molecule has 1 heterocycles. The third-order valence-electron chi connectivity index (χ3n) is 4.69. The van der Waals surface area contributed by atoms with Crippen molar-refractivity contribution < 1.29 is 23.1 Å². The number of carbonyl (C=O) groups is 1. The van der Waals surface area contributed by atoms with E-state index in [2.05, 4.69) is 0 Å². The van der Waals surface area contributed by atoms with E-state index in [1.54, 1.807) is 4.90 Å². The summed E-state index contributed by atoms with van der Waals surface area (Å²) in [5.41, 5.74) is 0. The van der Waals surface area contributed by atoms with E-state index in [4.69, 9.17) is 5.11 Å². The minimum absolute atomic E-state index is 0.0319. The highest BCUT2D eigenvalue weighted by atomic mass is 19.4. The van der Waals surface area contributed by atoms with Gasteiger partial charge in [-0.15, -0.1) is 0 Å². The van der Waals surface area contributed by atoms with Crippen molar-refractivity contribution in [2.24, 2.45) is 17.8 Å². The summed E-state index contributed by atoms with van der Waals surface area (Å²) in [7, 11) is 0. The molecule has 0 amide bonds. The summed E-state index contributed by atoms with van der Waals surface area (Å²) in [6.45, 7) is 0.460. The molecule has 0 aromatic rings. The molecular weight excluding hydrogens is 271 g/mol. The van der Waals surface area contributed by atoms with E-state index in [9.17, 15) is 18.0 Å². The molecule has 2 rings (SSSR count). The van der Waals surface area contributed by atoms with Crippen LogP contribution >= 0.6 is 0 Å². The molecule has 0 unspecified atom stereocenters. The maximum Gasteiger partial charge on any atom is 0.393 e. The highest BCUT2D eigenvalue weighted by molar-refractivity contribution is 5.71. The zero-order chi connectivity index (χ0) is 14.8. The van der Waals surface area contributed by atoms with Gasteiger partial charge in [0, 0.05) is 13.1 Å². The lowest BCUT2D eigenvalue weighted by molar-refractivity contribution is -0.188. The Balaban J connectivity index is 1.80. The Bertz CT molecular complexity index is 340. The lowest BCUT2D eigenvalue weighted by atomic mass is 9.96. The van der Waals surface area contributed by atoms with E-state index in [-0.39, 0.29) is 13.1 Å². The van der Waals surface area contributed by atoms with Crippen LogP contribution in [0.4, 0.5) is 13.2 Å². The first-order valence-electron chi connectivity index (χ1n) is 7.40. The second kappa shape index (κ2) is 6.33. The molecule has 0 aromatic carbocycles. The zero-order valence-electron chi connectivity index (χ0n) is 11.5. The zero-order valence-corrected chi connectivity index (χ0v) is 11.5. The quantitative estimate of drug-likeness (QED) is 0.846. The van der Waals surface area contributed by atoms with Crippen LogP contribution in [0.2, 0.25) is 0 Å². The summed E-state index contributed by atoms with van der Waals surface area (Å²) < 4.78 is 38.5. The largest absolute Gasteiger partial charge is 0.481 e. The van der Waals surface area contributed by atoms with E-state index in [1.165, 1.54) is 25.7 Å². The standard InChI is InChI=1S/C14H22F3NO2/c15-14(16,17)12-9-18(8-11(12)13(19)20)7-3-6-10-4-1-2-5-10/h10-12H,1-9H2,(H,19,20)/t11-,12-/m1/s1. The first-order valence-corrected chi connectivity index (χ1v) is 7.40. The smallest absolute Gasteiger partial charge is 0.393 e. The highest BCUT2D eigenvalue weighted by Crippen LogP contribution is 2.38. The van der Waals surface area contributed by atoms with Crippen molar-refractivity contribution in [3.63, 3.8) is 0 Å². The summed E-state index contributed by atoms with van der Waals surface area (Å²) >= 11 is 0. The van der Waals surface area contributed by atoms with E-state index in [1.807, 2.05) is 0 Å². The molecule has 1 saturated carbocycles. The van der Waals surface area contributed by atoms with Gasteiger partial charge in [-0.25, -0.2) is 0 Å². The fourth-order valence-corrected chi connectivity index (χ4v) is 3.55. The number of carboxylic acid groups (broad SMARTS) is 1. The molecule has 0 radical (unpaired) electrons. The Morgan fingerprint density at radius 2 is 1.85 bits per heavy atom. The predicted octanol–water partition coefficient (Wildman–Crippen LogP) is 3.15. The Kier molecular flexibility index (Phi) is 4.94. The number of nitrogens with zero attached hydrogens (tertiary/aromatic N) is 1. The van der Waals surface area contributed by atoms with Gasteiger partial charge in [0.05, 0.1) is 11.8 Å². The fourth-order valence-electron chi connectivity index (χ4n) is 3.55. The normalized spacial score (nSPS) is 29.1. The van der Waals surface area contributed by atoms with Crippen molar-refractivity contribution in [2.45, 2.75) is 44.7 Å². The number of hydrogen-bond donors (Lipinski definition) is 1. The van der Waals surface area contributed by atoms with Crippen LogP contribution in [-0.2, 0) is 4.79 Å². The molecule has 6 heteroatoms. The Labute approximate surface area is 117 Å². The molecule has 2 fully saturated rings. The van der Waals surface area contributed by atoms with Gasteiger partial charge in [-0.2, -0.15) is 13.2 Å². The van der Waals surface area contributed by atoms with Crippen LogP contribution in [0.5, 0.6) is 0 Å². The summed E-state index contributed by atoms with van der Waals surface area (Å²) in [6.07, 6.45) is 2.54. The molecule has 1 aliphatic heterocycles. The van der Waals surface area contributed by atoms with Gasteiger partial charge in [0.1, 0.15) is 0 Å². The second-order valence-electron chi connectivity index (χ2n) is 6.15. The molecule has 0 aromatic heterocycles. The Morgan fingerprint density at radius 3 is 2.35 bits per heavy atom. The van der Waals surface area contributed by atoms with Crippen molar-refractivity contribution >= 4 is 5.97 Å². The van der Waals surface area contributed by atoms with Crippen LogP contribution in [0.1, 0.15) is 38.5 Å². The predicted molar refractivity (Wildman–Crippen MR) is 68.3 cm³/mol. The fraction of sp³-hybridized carbons (Fsp3) is 0.929. The van der Waals surface area contributed by atoms with Gasteiger partial charge in [0.15, 0.2) is 0 Å². The number of rotatable bonds is 5. The van der Waals surface area contributed by atoms with Gasteiger partial charge in [0.25, 0.3) is 0 Å². The van der Waals surface area contributed by atoms with Gasteiger partial charge in [-0.1, -0.05) is 25.7 Å². The van der Waals surface area contributed by atoms with Crippen molar-refractivity contribution in [1.29, 1.82) is 0 Å². The third kappa shape index (κ3) is 3.87. The van der Waals surface area contributed by atoms with Crippen molar-refractivity contribution in [2.75, 3.05) is 19.6 Å². The van der Waals surface area contributed by atoms with E-state index >= 15 is 0 Å². The number of carboxylic acids is 1. The van der Waals surface area contributed by atoms with E-state index in [0.29, 0.717) is 6.54 Å². The Morgan fingerprint density at radius 1 is 1.20 bits per heavy atom. The average molecular weight is 293 g/mol. The van der Waals surface area contributed by atoms with E-state index < -0.39 is 24.0 Å². The van der Waals surface area contributed by atoms with Gasteiger partial charge in [0.2, 0.25) is 0 Å². The van der Waals surface area contributed by atoms with Gasteiger partial charge >= 0.3 is 12.1 Å². The topological polar surface area (TPSA) is 40.5 Å². The summed E-state index contributed by atoms with van der Waals surface area (Å²) in [6, 6.07) is 0. The van der Waals surface area contributed by atoms with E-state index in [0.717, 1.165) is 18.8 Å². The SMILES string of the molecule is O=C(O)[C@@H]1CN(CCCC2CCCC2)C[C@H]1C(F)(F)F. The summed E-state index contributed by atoms with van der Waals surface area (Å²) in [5, 5.41) is 8.94. The van der Waals surface area contributed by atoms with Crippen LogP contribution in [0.25, 0.3) is 0 Å². The molecule has 3 nitrogen and oxygen atoms in total. The monoisotopic (exact) mass is 293 g/mol. The molecule has 0 bridgehead atoms. The molecule has 1 saturated heterocycles. The number of hydrogen-bond acceptors (Lipinski definition) is 2. The first-order chi connectivity index (χ1) is 9.38. The van der Waals surface area contributed by atoms with Crippen molar-refractivity contribution in [3.8, 4) is 0 Å². The molecule has 2 aliphatic rings. The minimum Gasteiger partial charge on any atom is -0.481 e. The van der Waals surface area contributed by atoms with Crippen LogP contribution in [0.15, 0.2) is 0 Å². The highest BCUT2D eigenvalue weighted by Gasteiger charge is 2.52. The van der Waals surface area contributed by atoms with Crippen LogP contribution < -0.4 is 0 Å². The lowest BCUT2D eigenvalue weighted by Crippen LogP contribution is -2.33. The molecule has 1 N–H and O–H groups in total. The second-order valence-corrected chi connectivity index (χ2v) is 6.15. The van der Waals surface area contributed by atoms with Gasteiger partial charge < -0.3 is 10.0 Å². The average Bonchev–Trinajstić information content (AvgIpc) is 2.96. The van der Waals surface area contributed by atoms with Gasteiger partial charge in [-0.05, 0) is 25.3 Å². The first kappa shape index (κ1) is 15.6. The summed E-state index contributed by atoms with van der Waals surface area (Å²) in [5.74, 6) is -3.62. The van der Waals surface area contributed by atoms with Crippen LogP contribution in [0.3, 0.4) is 0 Å². The molecule has 20 heavy (non-hydrogen) atoms. The maximum absolute atomic E-state index is 12.8. The minimum atomic E-state index is -4.41. The van der Waals surface area contributed by atoms with Crippen LogP contribution in [-0.4, -0.2) is 41.8 Å². The molecule has 0 spiro atoms. The van der Waals surface area contributed by atoms with Crippen LogP contribution in [0, 0.1) is 17.8 Å².